The Balaban J connectivity index is 1.55. The van der Waals surface area contributed by atoms with Crippen LogP contribution in [0.1, 0.15) is 40.0 Å². The molecule has 1 unspecified atom stereocenters. The molecule has 2 aliphatic rings. The van der Waals surface area contributed by atoms with Gasteiger partial charge in [-0.15, -0.1) is 0 Å². The first kappa shape index (κ1) is 21.7. The van der Waals surface area contributed by atoms with E-state index in [1.165, 1.54) is 11.1 Å². The number of aliphatic hydroxyl groups excluding tert-OH is 1. The van der Waals surface area contributed by atoms with E-state index < -0.39 is 6.03 Å². The molecule has 0 radical (unpaired) electrons. The predicted octanol–water partition coefficient (Wildman–Crippen LogP) is 1.72. The van der Waals surface area contributed by atoms with Crippen LogP contribution in [0.5, 0.6) is 5.75 Å². The smallest absolute Gasteiger partial charge is 0.328 e. The number of likely N-dealkylation sites (tertiary alicyclic amines) is 1. The van der Waals surface area contributed by atoms with Gasteiger partial charge in [0.15, 0.2) is 6.29 Å². The van der Waals surface area contributed by atoms with Crippen LogP contribution in [-0.2, 0) is 13.0 Å². The number of aromatic nitrogens is 2. The van der Waals surface area contributed by atoms with Crippen LogP contribution < -0.4 is 15.0 Å². The molecule has 2 aromatic rings. The summed E-state index contributed by atoms with van der Waals surface area (Å²) in [5.74, 6) is 1.03. The molecule has 10 heteroatoms. The van der Waals surface area contributed by atoms with Gasteiger partial charge in [0.1, 0.15) is 40.8 Å². The highest BCUT2D eigenvalue weighted by Crippen LogP contribution is 2.29. The zero-order valence-corrected chi connectivity index (χ0v) is 17.7. The highest BCUT2D eigenvalue weighted by Gasteiger charge is 2.27. The van der Waals surface area contributed by atoms with Crippen molar-refractivity contribution in [1.29, 1.82) is 5.26 Å². The van der Waals surface area contributed by atoms with Gasteiger partial charge in [-0.1, -0.05) is 0 Å². The van der Waals surface area contributed by atoms with Crippen molar-refractivity contribution >= 4 is 24.0 Å². The lowest BCUT2D eigenvalue weighted by atomic mass is 10.0. The lowest BCUT2D eigenvalue weighted by Gasteiger charge is -2.29. The number of aldehydes is 1. The van der Waals surface area contributed by atoms with Crippen molar-refractivity contribution in [3.8, 4) is 11.8 Å². The number of hydrogen-bond acceptors (Lipinski definition) is 8. The number of nitrogens with zero attached hydrogens (tertiary/aromatic N) is 5. The number of fused-ring (bicyclic) bond motifs is 1. The minimum atomic E-state index is -0.448. The van der Waals surface area contributed by atoms with Gasteiger partial charge in [-0.2, -0.15) is 5.26 Å². The standard InChI is InChI=1S/C22H24N6O4/c1-27-6-4-17(11-27)32-19-8-20(24-10-16(19)9-23)26-22(31)28-5-2-3-14-7-15(12-29)18(13-30)25-21(14)28/h7-8,10,13,17,29H,2-6,11-12H2,1H3,(H,24,26,31). The second kappa shape index (κ2) is 9.30. The third-order valence-electron chi connectivity index (χ3n) is 5.66. The second-order valence-electron chi connectivity index (χ2n) is 7.95. The van der Waals surface area contributed by atoms with E-state index in [2.05, 4.69) is 26.3 Å². The van der Waals surface area contributed by atoms with Crippen molar-refractivity contribution in [2.24, 2.45) is 0 Å². The molecular formula is C22H24N6O4. The highest BCUT2D eigenvalue weighted by atomic mass is 16.5. The molecule has 0 saturated carbocycles. The molecule has 10 nitrogen and oxygen atoms in total. The first-order chi connectivity index (χ1) is 15.5. The molecule has 0 aromatic carbocycles. The van der Waals surface area contributed by atoms with Crippen molar-refractivity contribution in [1.82, 2.24) is 14.9 Å². The minimum absolute atomic E-state index is 0.0290. The van der Waals surface area contributed by atoms with Crippen molar-refractivity contribution in [2.75, 3.05) is 36.9 Å². The molecule has 0 bridgehead atoms. The molecule has 0 aliphatic carbocycles. The van der Waals surface area contributed by atoms with E-state index in [1.807, 2.05) is 7.05 Å². The summed E-state index contributed by atoms with van der Waals surface area (Å²) in [6, 6.07) is 4.90. The molecule has 1 fully saturated rings. The highest BCUT2D eigenvalue weighted by molar-refractivity contribution is 6.01. The Kier molecular flexibility index (Phi) is 6.30. The van der Waals surface area contributed by atoms with Gasteiger partial charge in [-0.05, 0) is 37.9 Å². The number of aryl methyl sites for hydroxylation is 1. The summed E-state index contributed by atoms with van der Waals surface area (Å²) in [6.45, 7) is 1.81. The van der Waals surface area contributed by atoms with E-state index in [9.17, 15) is 20.0 Å². The molecule has 2 aliphatic heterocycles. The van der Waals surface area contributed by atoms with Crippen molar-refractivity contribution in [3.05, 3.63) is 40.7 Å². The van der Waals surface area contributed by atoms with Gasteiger partial charge in [-0.3, -0.25) is 15.0 Å². The summed E-state index contributed by atoms with van der Waals surface area (Å²) >= 11 is 0. The number of rotatable bonds is 5. The maximum Gasteiger partial charge on any atom is 0.328 e. The van der Waals surface area contributed by atoms with Crippen LogP contribution in [0.2, 0.25) is 0 Å². The Morgan fingerprint density at radius 1 is 1.44 bits per heavy atom. The van der Waals surface area contributed by atoms with E-state index >= 15 is 0 Å². The average molecular weight is 436 g/mol. The quantitative estimate of drug-likeness (QED) is 0.677. The van der Waals surface area contributed by atoms with Crippen LogP contribution in [-0.4, -0.2) is 65.1 Å². The lowest BCUT2D eigenvalue weighted by Crippen LogP contribution is -2.39. The second-order valence-corrected chi connectivity index (χ2v) is 7.95. The summed E-state index contributed by atoms with van der Waals surface area (Å²) in [4.78, 5) is 36.5. The van der Waals surface area contributed by atoms with Gasteiger partial charge >= 0.3 is 6.03 Å². The van der Waals surface area contributed by atoms with Gasteiger partial charge in [0.05, 0.1) is 12.8 Å². The summed E-state index contributed by atoms with van der Waals surface area (Å²) in [5.41, 5.74) is 1.65. The summed E-state index contributed by atoms with van der Waals surface area (Å²) in [5, 5.41) is 21.6. The Morgan fingerprint density at radius 2 is 2.28 bits per heavy atom. The molecule has 2 aromatic heterocycles. The Labute approximate surface area is 185 Å². The van der Waals surface area contributed by atoms with E-state index in [1.54, 1.807) is 12.1 Å². The van der Waals surface area contributed by atoms with E-state index in [4.69, 9.17) is 4.74 Å². The van der Waals surface area contributed by atoms with Crippen molar-refractivity contribution < 1.29 is 19.4 Å². The summed E-state index contributed by atoms with van der Waals surface area (Å²) in [7, 11) is 2.01. The predicted molar refractivity (Wildman–Crippen MR) is 116 cm³/mol. The number of pyridine rings is 2. The number of likely N-dealkylation sites (N-methyl/N-ethyl adjacent to an activating group) is 1. The SMILES string of the molecule is CN1CCC(Oc2cc(NC(=O)N3CCCc4cc(CO)c(C=O)nc43)ncc2C#N)C1. The fraction of sp³-hybridized carbons (Fsp3) is 0.409. The third-order valence-corrected chi connectivity index (χ3v) is 5.66. The number of carbonyl (C=O) groups is 2. The average Bonchev–Trinajstić information content (AvgIpc) is 3.22. The van der Waals surface area contributed by atoms with Gasteiger partial charge in [0.25, 0.3) is 0 Å². The maximum atomic E-state index is 13.0. The third kappa shape index (κ3) is 4.39. The summed E-state index contributed by atoms with van der Waals surface area (Å²) in [6.07, 6.45) is 4.20. The van der Waals surface area contributed by atoms with E-state index in [-0.39, 0.29) is 24.2 Å². The Bertz CT molecular complexity index is 1080. The van der Waals surface area contributed by atoms with Crippen LogP contribution in [0.4, 0.5) is 16.4 Å². The van der Waals surface area contributed by atoms with Crippen LogP contribution in [0.3, 0.4) is 0 Å². The topological polar surface area (TPSA) is 132 Å². The molecule has 166 valence electrons. The number of carbonyl (C=O) groups excluding carboxylic acids is 2. The lowest BCUT2D eigenvalue weighted by molar-refractivity contribution is 0.111. The van der Waals surface area contributed by atoms with Crippen LogP contribution in [0, 0.1) is 11.3 Å². The monoisotopic (exact) mass is 436 g/mol. The minimum Gasteiger partial charge on any atom is -0.487 e. The molecular weight excluding hydrogens is 412 g/mol. The molecule has 0 spiro atoms. The first-order valence-electron chi connectivity index (χ1n) is 10.4. The molecule has 4 rings (SSSR count). The largest absolute Gasteiger partial charge is 0.487 e. The number of hydrogen-bond donors (Lipinski definition) is 2. The molecule has 32 heavy (non-hydrogen) atoms. The number of amides is 2. The summed E-state index contributed by atoms with van der Waals surface area (Å²) < 4.78 is 6.00. The first-order valence-corrected chi connectivity index (χ1v) is 10.4. The van der Waals surface area contributed by atoms with Crippen LogP contribution in [0.25, 0.3) is 0 Å². The van der Waals surface area contributed by atoms with Gasteiger partial charge < -0.3 is 14.7 Å². The molecule has 1 saturated heterocycles. The van der Waals surface area contributed by atoms with Crippen LogP contribution >= 0.6 is 0 Å². The maximum absolute atomic E-state index is 13.0. The molecule has 2 amide bonds. The van der Waals surface area contributed by atoms with E-state index in [0.717, 1.165) is 31.5 Å². The van der Waals surface area contributed by atoms with Crippen LogP contribution in [0.15, 0.2) is 18.3 Å². The van der Waals surface area contributed by atoms with Gasteiger partial charge in [-0.25, -0.2) is 14.8 Å². The Morgan fingerprint density at radius 3 is 2.97 bits per heavy atom. The van der Waals surface area contributed by atoms with E-state index in [0.29, 0.717) is 41.9 Å². The molecule has 1 atom stereocenters. The Hall–Kier alpha value is -3.55. The van der Waals surface area contributed by atoms with Crippen molar-refractivity contribution in [2.45, 2.75) is 32.0 Å². The number of urea groups is 1. The zero-order valence-electron chi connectivity index (χ0n) is 17.7. The van der Waals surface area contributed by atoms with Gasteiger partial charge in [0.2, 0.25) is 0 Å². The number of nitriles is 1. The number of anilines is 2. The zero-order chi connectivity index (χ0) is 22.7. The number of ether oxygens (including phenoxy) is 1. The molecule has 2 N–H and O–H groups in total. The van der Waals surface area contributed by atoms with Crippen molar-refractivity contribution in [3.63, 3.8) is 0 Å². The number of aliphatic hydroxyl groups is 1. The fourth-order valence-corrected chi connectivity index (χ4v) is 4.02. The van der Waals surface area contributed by atoms with Gasteiger partial charge in [0, 0.05) is 31.3 Å². The molecule has 4 heterocycles. The number of nitrogens with one attached hydrogen (secondary N) is 1. The normalized spacial score (nSPS) is 18.0. The fourth-order valence-electron chi connectivity index (χ4n) is 4.02.